The molecule has 1 atom stereocenters. The second-order valence-corrected chi connectivity index (χ2v) is 5.84. The van der Waals surface area contributed by atoms with Crippen LogP contribution in [0.15, 0.2) is 39.9 Å². The molecule has 0 saturated carbocycles. The Morgan fingerprint density at radius 3 is 2.65 bits per heavy atom. The molecule has 1 amide bonds. The van der Waals surface area contributed by atoms with E-state index in [-0.39, 0.29) is 18.4 Å². The van der Waals surface area contributed by atoms with Crippen LogP contribution in [0.5, 0.6) is 0 Å². The number of hydrogen-bond donors (Lipinski definition) is 2. The molecule has 1 aliphatic heterocycles. The van der Waals surface area contributed by atoms with Gasteiger partial charge in [-0.1, -0.05) is 30.3 Å². The van der Waals surface area contributed by atoms with E-state index in [0.717, 1.165) is 18.4 Å². The number of aryl methyl sites for hydroxylation is 1. The van der Waals surface area contributed by atoms with Crippen LogP contribution in [0, 0.1) is 6.92 Å². The summed E-state index contributed by atoms with van der Waals surface area (Å²) in [7, 11) is 0. The molecule has 6 heteroatoms. The molecule has 0 radical (unpaired) electrons. The molecule has 2 N–H and O–H groups in total. The maximum Gasteiger partial charge on any atom is 0.325 e. The molecule has 23 heavy (non-hydrogen) atoms. The largest absolute Gasteiger partial charge is 0.335 e. The van der Waals surface area contributed by atoms with E-state index in [9.17, 15) is 14.4 Å². The van der Waals surface area contributed by atoms with E-state index < -0.39 is 11.2 Å². The van der Waals surface area contributed by atoms with E-state index in [4.69, 9.17) is 0 Å². The normalized spacial score (nSPS) is 17.4. The summed E-state index contributed by atoms with van der Waals surface area (Å²) >= 11 is 0. The number of rotatable bonds is 3. The van der Waals surface area contributed by atoms with Crippen molar-refractivity contribution in [3.63, 3.8) is 0 Å². The van der Waals surface area contributed by atoms with Crippen molar-refractivity contribution in [2.75, 3.05) is 6.54 Å². The van der Waals surface area contributed by atoms with Crippen LogP contribution in [0.2, 0.25) is 0 Å². The third kappa shape index (κ3) is 3.11. The van der Waals surface area contributed by atoms with E-state index >= 15 is 0 Å². The Bertz CT molecular complexity index is 823. The fourth-order valence-electron chi connectivity index (χ4n) is 3.18. The van der Waals surface area contributed by atoms with Crippen LogP contribution in [0.25, 0.3) is 0 Å². The highest BCUT2D eigenvalue weighted by molar-refractivity contribution is 5.79. The molecule has 1 aromatic heterocycles. The van der Waals surface area contributed by atoms with E-state index in [0.29, 0.717) is 17.8 Å². The van der Waals surface area contributed by atoms with Crippen LogP contribution in [0.3, 0.4) is 0 Å². The maximum atomic E-state index is 12.7. The molecule has 1 saturated heterocycles. The van der Waals surface area contributed by atoms with Crippen molar-refractivity contribution in [2.45, 2.75) is 32.2 Å². The topological polar surface area (TPSA) is 86.0 Å². The molecule has 0 aliphatic carbocycles. The Morgan fingerprint density at radius 1 is 1.22 bits per heavy atom. The quantitative estimate of drug-likeness (QED) is 0.895. The zero-order valence-corrected chi connectivity index (χ0v) is 13.0. The van der Waals surface area contributed by atoms with Crippen molar-refractivity contribution in [1.29, 1.82) is 0 Å². The lowest BCUT2D eigenvalue weighted by molar-refractivity contribution is -0.131. The second kappa shape index (κ2) is 6.24. The van der Waals surface area contributed by atoms with Crippen LogP contribution in [0.4, 0.5) is 0 Å². The number of nitrogens with one attached hydrogen (secondary N) is 2. The van der Waals surface area contributed by atoms with E-state index in [1.807, 2.05) is 35.2 Å². The molecule has 2 heterocycles. The van der Waals surface area contributed by atoms with Gasteiger partial charge >= 0.3 is 5.69 Å². The van der Waals surface area contributed by atoms with Gasteiger partial charge in [-0.3, -0.25) is 14.6 Å². The highest BCUT2D eigenvalue weighted by Gasteiger charge is 2.30. The number of carbonyl (C=O) groups excluding carboxylic acids is 1. The first-order valence-electron chi connectivity index (χ1n) is 7.73. The third-order valence-corrected chi connectivity index (χ3v) is 4.34. The molecule has 120 valence electrons. The second-order valence-electron chi connectivity index (χ2n) is 5.84. The highest BCUT2D eigenvalue weighted by atomic mass is 16.2. The molecule has 0 bridgehead atoms. The lowest BCUT2D eigenvalue weighted by Gasteiger charge is -2.25. The highest BCUT2D eigenvalue weighted by Crippen LogP contribution is 2.32. The molecule has 1 aliphatic rings. The predicted octanol–water partition coefficient (Wildman–Crippen LogP) is 1.28. The summed E-state index contributed by atoms with van der Waals surface area (Å²) in [5.41, 5.74) is 0.850. The van der Waals surface area contributed by atoms with Gasteiger partial charge in [-0.15, -0.1) is 0 Å². The van der Waals surface area contributed by atoms with E-state index in [1.165, 1.54) is 0 Å². The van der Waals surface area contributed by atoms with Crippen molar-refractivity contribution < 1.29 is 4.79 Å². The van der Waals surface area contributed by atoms with Crippen molar-refractivity contribution in [3.05, 3.63) is 68.0 Å². The minimum Gasteiger partial charge on any atom is -0.335 e. The van der Waals surface area contributed by atoms with Gasteiger partial charge in [0, 0.05) is 17.8 Å². The molecule has 1 fully saturated rings. The molecule has 3 rings (SSSR count). The Balaban J connectivity index is 1.83. The number of amides is 1. The number of H-pyrrole nitrogens is 2. The lowest BCUT2D eigenvalue weighted by Crippen LogP contribution is -2.35. The molecule has 2 aromatic rings. The summed E-state index contributed by atoms with van der Waals surface area (Å²) in [6.07, 6.45) is 1.88. The van der Waals surface area contributed by atoms with Gasteiger partial charge in [0.1, 0.15) is 0 Å². The number of likely N-dealkylation sites (tertiary alicyclic amines) is 1. The Labute approximate surface area is 133 Å². The van der Waals surface area contributed by atoms with Gasteiger partial charge in [0.2, 0.25) is 5.91 Å². The number of benzene rings is 1. The molecule has 1 aromatic carbocycles. The van der Waals surface area contributed by atoms with E-state index in [1.54, 1.807) is 6.92 Å². The van der Waals surface area contributed by atoms with Crippen molar-refractivity contribution >= 4 is 5.91 Å². The number of aromatic nitrogens is 2. The van der Waals surface area contributed by atoms with Crippen LogP contribution in [-0.2, 0) is 11.2 Å². The van der Waals surface area contributed by atoms with Crippen LogP contribution < -0.4 is 11.2 Å². The summed E-state index contributed by atoms with van der Waals surface area (Å²) in [5, 5.41) is 0. The van der Waals surface area contributed by atoms with Crippen LogP contribution in [0.1, 0.15) is 35.7 Å². The molecule has 6 nitrogen and oxygen atoms in total. The fourth-order valence-corrected chi connectivity index (χ4v) is 3.18. The SMILES string of the molecule is Cc1[nH]c(=O)[nH]c(=O)c1CC(=O)N1CCCC1c1ccccc1. The smallest absolute Gasteiger partial charge is 0.325 e. The van der Waals surface area contributed by atoms with Crippen molar-refractivity contribution in [3.8, 4) is 0 Å². The zero-order chi connectivity index (χ0) is 16.4. The van der Waals surface area contributed by atoms with Gasteiger partial charge in [-0.05, 0) is 25.3 Å². The van der Waals surface area contributed by atoms with Gasteiger partial charge in [0.15, 0.2) is 0 Å². The first kappa shape index (κ1) is 15.3. The summed E-state index contributed by atoms with van der Waals surface area (Å²) in [6.45, 7) is 2.33. The number of aromatic amines is 2. The van der Waals surface area contributed by atoms with Gasteiger partial charge in [-0.25, -0.2) is 4.79 Å². The average Bonchev–Trinajstić information content (AvgIpc) is 3.01. The minimum absolute atomic E-state index is 0.00127. The molecule has 0 spiro atoms. The van der Waals surface area contributed by atoms with Gasteiger partial charge < -0.3 is 9.88 Å². The predicted molar refractivity (Wildman–Crippen MR) is 86.3 cm³/mol. The summed E-state index contributed by atoms with van der Waals surface area (Å²) in [6, 6.07) is 9.99. The van der Waals surface area contributed by atoms with Crippen LogP contribution in [-0.4, -0.2) is 27.3 Å². The van der Waals surface area contributed by atoms with Gasteiger partial charge in [0.25, 0.3) is 5.56 Å². The van der Waals surface area contributed by atoms with Crippen molar-refractivity contribution in [2.24, 2.45) is 0 Å². The Morgan fingerprint density at radius 2 is 1.96 bits per heavy atom. The Hall–Kier alpha value is -2.63. The van der Waals surface area contributed by atoms with Gasteiger partial charge in [0.05, 0.1) is 12.5 Å². The van der Waals surface area contributed by atoms with E-state index in [2.05, 4.69) is 9.97 Å². The third-order valence-electron chi connectivity index (χ3n) is 4.34. The monoisotopic (exact) mass is 313 g/mol. The summed E-state index contributed by atoms with van der Waals surface area (Å²) in [4.78, 5) is 42.4. The first-order chi connectivity index (χ1) is 11.1. The number of hydrogen-bond acceptors (Lipinski definition) is 3. The van der Waals surface area contributed by atoms with Gasteiger partial charge in [-0.2, -0.15) is 0 Å². The lowest BCUT2D eigenvalue weighted by atomic mass is 10.0. The number of carbonyl (C=O) groups is 1. The summed E-state index contributed by atoms with van der Waals surface area (Å²) < 4.78 is 0. The molecular weight excluding hydrogens is 294 g/mol. The van der Waals surface area contributed by atoms with Crippen molar-refractivity contribution in [1.82, 2.24) is 14.9 Å². The zero-order valence-electron chi connectivity index (χ0n) is 13.0. The average molecular weight is 313 g/mol. The molecular formula is C17H19N3O3. The first-order valence-corrected chi connectivity index (χ1v) is 7.73. The molecule has 1 unspecified atom stereocenters. The summed E-state index contributed by atoms with van der Waals surface area (Å²) in [5.74, 6) is -0.0861. The maximum absolute atomic E-state index is 12.7. The standard InChI is InChI=1S/C17H19N3O3/c1-11-13(16(22)19-17(23)18-11)10-15(21)20-9-5-8-14(20)12-6-3-2-4-7-12/h2-4,6-7,14H,5,8-10H2,1H3,(H2,18,19,22,23). The number of nitrogens with zero attached hydrogens (tertiary/aromatic N) is 1. The van der Waals surface area contributed by atoms with Crippen LogP contribution >= 0.6 is 0 Å². The minimum atomic E-state index is -0.549. The Kier molecular flexibility index (Phi) is 4.14. The fraction of sp³-hybridized carbons (Fsp3) is 0.353.